The summed E-state index contributed by atoms with van der Waals surface area (Å²) < 4.78 is 1.68. The third kappa shape index (κ3) is 3.61. The number of carbonyl (C=O) groups is 1. The molecule has 0 spiro atoms. The first-order chi connectivity index (χ1) is 13.5. The number of aromatic nitrogens is 3. The van der Waals surface area contributed by atoms with Crippen molar-refractivity contribution in [3.8, 4) is 11.4 Å². The van der Waals surface area contributed by atoms with Gasteiger partial charge >= 0.3 is 0 Å². The van der Waals surface area contributed by atoms with Gasteiger partial charge in [-0.15, -0.1) is 0 Å². The van der Waals surface area contributed by atoms with Gasteiger partial charge in [-0.05, 0) is 43.7 Å². The van der Waals surface area contributed by atoms with E-state index in [2.05, 4.69) is 32.1 Å². The zero-order valence-electron chi connectivity index (χ0n) is 16.1. The van der Waals surface area contributed by atoms with Crippen LogP contribution >= 0.6 is 0 Å². The Labute approximate surface area is 164 Å². The van der Waals surface area contributed by atoms with Crippen LogP contribution in [0.4, 0.5) is 5.69 Å². The summed E-state index contributed by atoms with van der Waals surface area (Å²) in [5.41, 5.74) is 3.38. The number of rotatable bonds is 4. The minimum Gasteiger partial charge on any atom is -0.368 e. The van der Waals surface area contributed by atoms with E-state index >= 15 is 0 Å². The van der Waals surface area contributed by atoms with Crippen LogP contribution in [0, 0.1) is 0 Å². The van der Waals surface area contributed by atoms with Crippen LogP contribution in [0.25, 0.3) is 11.4 Å². The van der Waals surface area contributed by atoms with E-state index in [-0.39, 0.29) is 5.91 Å². The highest BCUT2D eigenvalue weighted by Gasteiger charge is 2.34. The number of allylic oxidation sites excluding steroid dienone is 3. The molecule has 2 aromatic heterocycles. The van der Waals surface area contributed by atoms with Gasteiger partial charge in [-0.3, -0.25) is 14.5 Å². The van der Waals surface area contributed by atoms with Crippen molar-refractivity contribution < 1.29 is 4.79 Å². The summed E-state index contributed by atoms with van der Waals surface area (Å²) in [4.78, 5) is 17.5. The van der Waals surface area contributed by atoms with Gasteiger partial charge in [0, 0.05) is 31.7 Å². The van der Waals surface area contributed by atoms with Gasteiger partial charge in [0.2, 0.25) is 0 Å². The van der Waals surface area contributed by atoms with Crippen molar-refractivity contribution in [2.24, 2.45) is 7.05 Å². The standard InChI is InChI=1S/C21H24N6O/c1-21(10-5-7-16(25-21)15-8-12-22-13-9-15)20(28)24-18-14-27(2)26-19(18)17-6-3-4-11-23-17/h3-8,10-11,14,22,25H,9,12-13H2,1-2H3,(H,24,28). The van der Waals surface area contributed by atoms with E-state index in [0.29, 0.717) is 11.4 Å². The van der Waals surface area contributed by atoms with Crippen LogP contribution in [0.15, 0.2) is 66.2 Å². The van der Waals surface area contributed by atoms with Crippen LogP contribution in [0.1, 0.15) is 13.3 Å². The molecule has 1 amide bonds. The Bertz CT molecular complexity index is 972. The molecule has 0 radical (unpaired) electrons. The fraction of sp³-hybridized carbons (Fsp3) is 0.286. The minimum atomic E-state index is -0.854. The van der Waals surface area contributed by atoms with Crippen LogP contribution in [0.5, 0.6) is 0 Å². The second-order valence-corrected chi connectivity index (χ2v) is 7.18. The molecule has 0 saturated heterocycles. The summed E-state index contributed by atoms with van der Waals surface area (Å²) in [6, 6.07) is 5.63. The van der Waals surface area contributed by atoms with Crippen molar-refractivity contribution in [1.29, 1.82) is 0 Å². The van der Waals surface area contributed by atoms with Crippen LogP contribution in [0.2, 0.25) is 0 Å². The number of hydrogen-bond donors (Lipinski definition) is 3. The van der Waals surface area contributed by atoms with E-state index in [1.54, 1.807) is 17.1 Å². The molecule has 7 nitrogen and oxygen atoms in total. The predicted octanol–water partition coefficient (Wildman–Crippen LogP) is 2.14. The molecule has 0 aliphatic carbocycles. The van der Waals surface area contributed by atoms with E-state index < -0.39 is 5.54 Å². The summed E-state index contributed by atoms with van der Waals surface area (Å²) in [5.74, 6) is -0.144. The summed E-state index contributed by atoms with van der Waals surface area (Å²) in [7, 11) is 1.83. The molecule has 0 saturated carbocycles. The summed E-state index contributed by atoms with van der Waals surface area (Å²) in [5, 5.41) is 14.2. The predicted molar refractivity (Wildman–Crippen MR) is 109 cm³/mol. The monoisotopic (exact) mass is 376 g/mol. The van der Waals surface area contributed by atoms with Gasteiger partial charge in [0.05, 0.1) is 11.4 Å². The maximum absolute atomic E-state index is 13.2. The molecule has 144 valence electrons. The molecule has 3 N–H and O–H groups in total. The Morgan fingerprint density at radius 2 is 2.25 bits per heavy atom. The highest BCUT2D eigenvalue weighted by atomic mass is 16.2. The number of hydrogen-bond acceptors (Lipinski definition) is 5. The number of dihydropyridines is 1. The SMILES string of the molecule is Cn1cc(NC(=O)C2(C)C=CC=C(C3=CCNCC3)N2)c(-c2ccccn2)n1. The Kier molecular flexibility index (Phi) is 4.83. The minimum absolute atomic E-state index is 0.144. The lowest BCUT2D eigenvalue weighted by molar-refractivity contribution is -0.120. The number of amides is 1. The van der Waals surface area contributed by atoms with Crippen LogP contribution in [-0.4, -0.2) is 39.3 Å². The number of carbonyl (C=O) groups excluding carboxylic acids is 1. The Hall–Kier alpha value is -3.19. The van der Waals surface area contributed by atoms with Crippen LogP contribution < -0.4 is 16.0 Å². The maximum atomic E-state index is 13.2. The highest BCUT2D eigenvalue weighted by molar-refractivity contribution is 6.01. The van der Waals surface area contributed by atoms with Gasteiger partial charge in [-0.25, -0.2) is 0 Å². The quantitative estimate of drug-likeness (QED) is 0.761. The lowest BCUT2D eigenvalue weighted by atomic mass is 9.93. The van der Waals surface area contributed by atoms with Gasteiger partial charge in [-0.1, -0.05) is 24.3 Å². The highest BCUT2D eigenvalue weighted by Crippen LogP contribution is 2.27. The number of anilines is 1. The molecule has 2 aliphatic rings. The van der Waals surface area contributed by atoms with E-state index in [9.17, 15) is 4.79 Å². The van der Waals surface area contributed by atoms with Crippen molar-refractivity contribution in [2.75, 3.05) is 18.4 Å². The lowest BCUT2D eigenvalue weighted by Crippen LogP contribution is -2.51. The molecule has 28 heavy (non-hydrogen) atoms. The number of nitrogens with zero attached hydrogens (tertiary/aromatic N) is 3. The van der Waals surface area contributed by atoms with Crippen molar-refractivity contribution in [2.45, 2.75) is 18.9 Å². The largest absolute Gasteiger partial charge is 0.368 e. The smallest absolute Gasteiger partial charge is 0.253 e. The van der Waals surface area contributed by atoms with Crippen molar-refractivity contribution in [3.63, 3.8) is 0 Å². The molecule has 2 aliphatic heterocycles. The Balaban J connectivity index is 1.55. The molecule has 1 atom stereocenters. The van der Waals surface area contributed by atoms with Crippen LogP contribution in [0.3, 0.4) is 0 Å². The Morgan fingerprint density at radius 1 is 1.36 bits per heavy atom. The van der Waals surface area contributed by atoms with Crippen molar-refractivity contribution in [1.82, 2.24) is 25.4 Å². The summed E-state index contributed by atoms with van der Waals surface area (Å²) >= 11 is 0. The maximum Gasteiger partial charge on any atom is 0.253 e. The fourth-order valence-corrected chi connectivity index (χ4v) is 3.41. The van der Waals surface area contributed by atoms with Crippen molar-refractivity contribution in [3.05, 3.63) is 66.2 Å². The fourth-order valence-electron chi connectivity index (χ4n) is 3.41. The topological polar surface area (TPSA) is 83.9 Å². The van der Waals surface area contributed by atoms with E-state index in [4.69, 9.17) is 0 Å². The second kappa shape index (κ2) is 7.44. The third-order valence-electron chi connectivity index (χ3n) is 4.95. The first kappa shape index (κ1) is 18.2. The van der Waals surface area contributed by atoms with Crippen molar-refractivity contribution >= 4 is 11.6 Å². The molecular weight excluding hydrogens is 352 g/mol. The zero-order valence-corrected chi connectivity index (χ0v) is 16.1. The lowest BCUT2D eigenvalue weighted by Gasteiger charge is -2.32. The summed E-state index contributed by atoms with van der Waals surface area (Å²) in [6.07, 6.45) is 12.5. The normalized spacial score (nSPS) is 21.5. The van der Waals surface area contributed by atoms with E-state index in [1.807, 2.05) is 50.4 Å². The Morgan fingerprint density at radius 3 is 3.00 bits per heavy atom. The van der Waals surface area contributed by atoms with Crippen LogP contribution in [-0.2, 0) is 11.8 Å². The van der Waals surface area contributed by atoms with E-state index in [0.717, 1.165) is 30.9 Å². The van der Waals surface area contributed by atoms with Gasteiger partial charge in [-0.2, -0.15) is 5.10 Å². The van der Waals surface area contributed by atoms with Gasteiger partial charge in [0.1, 0.15) is 11.2 Å². The van der Waals surface area contributed by atoms with Gasteiger partial charge in [0.25, 0.3) is 5.91 Å². The molecule has 2 aromatic rings. The zero-order chi connectivity index (χ0) is 19.6. The van der Waals surface area contributed by atoms with Gasteiger partial charge < -0.3 is 16.0 Å². The molecule has 0 bridgehead atoms. The molecule has 4 rings (SSSR count). The third-order valence-corrected chi connectivity index (χ3v) is 4.95. The van der Waals surface area contributed by atoms with E-state index in [1.165, 1.54) is 5.57 Å². The molecule has 1 unspecified atom stereocenters. The summed E-state index contributed by atoms with van der Waals surface area (Å²) in [6.45, 7) is 3.68. The second-order valence-electron chi connectivity index (χ2n) is 7.18. The van der Waals surface area contributed by atoms with Gasteiger partial charge in [0.15, 0.2) is 0 Å². The average molecular weight is 376 g/mol. The molecular formula is C21H24N6O. The first-order valence-electron chi connectivity index (χ1n) is 9.39. The number of pyridine rings is 1. The molecule has 0 aromatic carbocycles. The molecule has 0 fully saturated rings. The molecule has 4 heterocycles. The average Bonchev–Trinajstić information content (AvgIpc) is 3.09. The number of nitrogens with one attached hydrogen (secondary N) is 3. The number of aryl methyl sites for hydroxylation is 1. The molecule has 7 heteroatoms. The first-order valence-corrected chi connectivity index (χ1v) is 9.39.